The average Bonchev–Trinajstić information content (AvgIpc) is 2.68. The molecule has 3 aliphatic carbocycles. The van der Waals surface area contributed by atoms with E-state index in [0.717, 1.165) is 6.42 Å². The van der Waals surface area contributed by atoms with Gasteiger partial charge in [-0.25, -0.2) is 0 Å². The van der Waals surface area contributed by atoms with Crippen LogP contribution in [0.2, 0.25) is 0 Å². The second kappa shape index (κ2) is 8.60. The summed E-state index contributed by atoms with van der Waals surface area (Å²) in [6, 6.07) is 2.92. The molecule has 3 atom stereocenters. The number of unbranched alkanes of at least 4 members (excludes halogenated alkanes) is 1. The first kappa shape index (κ1) is 23.8. The molecule has 1 aromatic carbocycles. The number of fused-ring (bicyclic) bond motifs is 2. The van der Waals surface area contributed by atoms with Gasteiger partial charge in [-0.15, -0.1) is 10.1 Å². The fourth-order valence-corrected chi connectivity index (χ4v) is 5.16. The van der Waals surface area contributed by atoms with E-state index in [-0.39, 0.29) is 53.7 Å². The maximum absolute atomic E-state index is 12.6. The molecule has 0 spiro atoms. The zero-order valence-electron chi connectivity index (χ0n) is 18.9. The Morgan fingerprint density at radius 3 is 2.34 bits per heavy atom. The topological polar surface area (TPSA) is 136 Å². The Bertz CT molecular complexity index is 900. The van der Waals surface area contributed by atoms with E-state index >= 15 is 0 Å². The smallest absolute Gasteiger partial charge is 0.315 e. The zero-order chi connectivity index (χ0) is 23.8. The van der Waals surface area contributed by atoms with Gasteiger partial charge in [0.05, 0.1) is 18.6 Å². The zero-order valence-corrected chi connectivity index (χ0v) is 18.9. The van der Waals surface area contributed by atoms with Crippen LogP contribution in [0.1, 0.15) is 70.4 Å². The highest BCUT2D eigenvalue weighted by atomic mass is 16.9. The largest absolute Gasteiger partial charge is 0.508 e. The molecule has 2 N–H and O–H groups in total. The van der Waals surface area contributed by atoms with E-state index < -0.39 is 16.5 Å². The summed E-state index contributed by atoms with van der Waals surface area (Å²) in [6.45, 7) is 7.37. The number of phenols is 2. The summed E-state index contributed by atoms with van der Waals surface area (Å²) in [5.74, 6) is -0.647. The lowest BCUT2D eigenvalue weighted by Crippen LogP contribution is -2.56. The number of carbonyl (C=O) groups excluding carboxylic acids is 2. The molecule has 0 radical (unpaired) electrons. The molecule has 9 nitrogen and oxygen atoms in total. The molecule has 3 saturated carbocycles. The number of phenolic OH excluding ortho intramolecular Hbond substituents is 2. The number of Topliss-reactive ketones (excluding diaryl/α,β-unsaturated/α-hetero) is 1. The van der Waals surface area contributed by atoms with Crippen molar-refractivity contribution in [1.29, 1.82) is 0 Å². The van der Waals surface area contributed by atoms with Gasteiger partial charge in [0.25, 0.3) is 5.09 Å². The number of nitrogens with zero attached hydrogens (tertiary/aromatic N) is 1. The highest BCUT2D eigenvalue weighted by Crippen LogP contribution is 2.64. The Hall–Kier alpha value is -2.84. The number of carbonyl (C=O) groups is 2. The normalized spacial score (nSPS) is 23.9. The summed E-state index contributed by atoms with van der Waals surface area (Å²) in [5.41, 5.74) is -0.543. The van der Waals surface area contributed by atoms with Crippen LogP contribution in [0.25, 0.3) is 0 Å². The fourth-order valence-electron chi connectivity index (χ4n) is 5.16. The van der Waals surface area contributed by atoms with Crippen molar-refractivity contribution in [3.8, 4) is 11.5 Å². The number of hydrogen-bond acceptors (Lipinski definition) is 8. The average molecular weight is 450 g/mol. The highest BCUT2D eigenvalue weighted by molar-refractivity contribution is 5.86. The summed E-state index contributed by atoms with van der Waals surface area (Å²) in [5, 5.41) is 30.8. The number of ether oxygens (including phenoxy) is 1. The Morgan fingerprint density at radius 1 is 1.22 bits per heavy atom. The number of esters is 1. The van der Waals surface area contributed by atoms with Crippen LogP contribution in [0.4, 0.5) is 0 Å². The van der Waals surface area contributed by atoms with Crippen molar-refractivity contribution in [2.75, 3.05) is 13.2 Å². The lowest BCUT2D eigenvalue weighted by atomic mass is 9.44. The lowest BCUT2D eigenvalue weighted by molar-refractivity contribution is -0.757. The Morgan fingerprint density at radius 2 is 1.81 bits per heavy atom. The molecule has 4 rings (SSSR count). The van der Waals surface area contributed by atoms with Crippen molar-refractivity contribution in [1.82, 2.24) is 0 Å². The molecule has 3 fully saturated rings. The Balaban J connectivity index is 1.70. The molecule has 3 aliphatic rings. The van der Waals surface area contributed by atoms with Gasteiger partial charge in [0.1, 0.15) is 17.3 Å². The van der Waals surface area contributed by atoms with Gasteiger partial charge in [-0.3, -0.25) is 9.59 Å². The number of aromatic hydroxyl groups is 2. The summed E-state index contributed by atoms with van der Waals surface area (Å²) < 4.78 is 5.29. The highest BCUT2D eigenvalue weighted by Gasteiger charge is 2.59. The van der Waals surface area contributed by atoms with E-state index in [1.54, 1.807) is 13.8 Å². The van der Waals surface area contributed by atoms with Crippen molar-refractivity contribution < 1.29 is 34.5 Å². The standard InChI is InChI=1S/C23H31NO8/c1-22(2,21(28)31-7-5-6-8-32-24(29)30)13-9-18(26)20(19(27)10-13)14-11-17(25)16-12-15(14)23(16,3)4/h9-10,14-16,26-27H,5-8,11-12H2,1-4H3/t14-,15+,16-/m0/s1. The van der Waals surface area contributed by atoms with Crippen LogP contribution < -0.4 is 0 Å². The molecule has 176 valence electrons. The second-order valence-electron chi connectivity index (χ2n) is 9.95. The second-order valence-corrected chi connectivity index (χ2v) is 9.95. The maximum atomic E-state index is 12.6. The van der Waals surface area contributed by atoms with Gasteiger partial charge in [-0.1, -0.05) is 13.8 Å². The summed E-state index contributed by atoms with van der Waals surface area (Å²) in [7, 11) is 0. The van der Waals surface area contributed by atoms with Crippen molar-refractivity contribution in [3.05, 3.63) is 33.4 Å². The first-order chi connectivity index (χ1) is 14.9. The summed E-state index contributed by atoms with van der Waals surface area (Å²) in [4.78, 5) is 39.5. The molecule has 2 bridgehead atoms. The summed E-state index contributed by atoms with van der Waals surface area (Å²) >= 11 is 0. The third kappa shape index (κ3) is 4.25. The molecular formula is C23H31NO8. The van der Waals surface area contributed by atoms with Crippen LogP contribution in [0.15, 0.2) is 12.1 Å². The molecule has 1 aromatic rings. The van der Waals surface area contributed by atoms with Crippen molar-refractivity contribution in [3.63, 3.8) is 0 Å². The SMILES string of the molecule is CC(C)(C(=O)OCCCCO[N+](=O)[O-])c1cc(O)c([C@H]2CC(=O)[C@@H]3C[C@H]2C3(C)C)c(O)c1. The van der Waals surface area contributed by atoms with E-state index in [0.29, 0.717) is 30.4 Å². The van der Waals surface area contributed by atoms with Crippen LogP contribution in [0, 0.1) is 27.4 Å². The lowest BCUT2D eigenvalue weighted by Gasteiger charge is -2.59. The number of benzene rings is 1. The van der Waals surface area contributed by atoms with Crippen molar-refractivity contribution in [2.24, 2.45) is 17.3 Å². The van der Waals surface area contributed by atoms with E-state index in [9.17, 15) is 29.9 Å². The first-order valence-electron chi connectivity index (χ1n) is 10.9. The molecule has 9 heteroatoms. The minimum atomic E-state index is -1.14. The summed E-state index contributed by atoms with van der Waals surface area (Å²) in [6.07, 6.45) is 1.83. The van der Waals surface area contributed by atoms with E-state index in [1.807, 2.05) is 0 Å². The minimum absolute atomic E-state index is 0.0483. The molecule has 32 heavy (non-hydrogen) atoms. The number of ketones is 1. The van der Waals surface area contributed by atoms with Crippen molar-refractivity contribution >= 4 is 11.8 Å². The van der Waals surface area contributed by atoms with Gasteiger partial charge in [0.15, 0.2) is 0 Å². The van der Waals surface area contributed by atoms with E-state index in [1.165, 1.54) is 12.1 Å². The number of hydrogen-bond donors (Lipinski definition) is 2. The van der Waals surface area contributed by atoms with Crippen LogP contribution in [-0.2, 0) is 24.6 Å². The van der Waals surface area contributed by atoms with Gasteiger partial charge in [-0.2, -0.15) is 0 Å². The van der Waals surface area contributed by atoms with E-state index in [4.69, 9.17) is 4.74 Å². The van der Waals surface area contributed by atoms with Crippen LogP contribution in [0.3, 0.4) is 0 Å². The van der Waals surface area contributed by atoms with Gasteiger partial charge < -0.3 is 19.8 Å². The van der Waals surface area contributed by atoms with Gasteiger partial charge in [0, 0.05) is 23.8 Å². The molecule has 0 saturated heterocycles. The van der Waals surface area contributed by atoms with Crippen LogP contribution in [-0.4, -0.2) is 40.3 Å². The molecule has 0 unspecified atom stereocenters. The third-order valence-electron chi connectivity index (χ3n) is 7.35. The molecule has 0 aliphatic heterocycles. The van der Waals surface area contributed by atoms with E-state index in [2.05, 4.69) is 18.7 Å². The van der Waals surface area contributed by atoms with Crippen molar-refractivity contribution in [2.45, 2.75) is 64.7 Å². The van der Waals surface area contributed by atoms with Gasteiger partial charge in [0.2, 0.25) is 0 Å². The quantitative estimate of drug-likeness (QED) is 0.252. The Labute approximate surface area is 186 Å². The monoisotopic (exact) mass is 449 g/mol. The molecule has 0 aromatic heterocycles. The third-order valence-corrected chi connectivity index (χ3v) is 7.35. The number of rotatable bonds is 9. The predicted octanol–water partition coefficient (Wildman–Crippen LogP) is 3.63. The predicted molar refractivity (Wildman–Crippen MR) is 114 cm³/mol. The van der Waals surface area contributed by atoms with Crippen LogP contribution >= 0.6 is 0 Å². The Kier molecular flexibility index (Phi) is 6.40. The van der Waals surface area contributed by atoms with Gasteiger partial charge in [-0.05, 0) is 62.1 Å². The van der Waals surface area contributed by atoms with Crippen LogP contribution in [0.5, 0.6) is 11.5 Å². The first-order valence-corrected chi connectivity index (χ1v) is 10.9. The maximum Gasteiger partial charge on any atom is 0.315 e. The molecular weight excluding hydrogens is 418 g/mol. The fraction of sp³-hybridized carbons (Fsp3) is 0.652. The molecule has 0 heterocycles. The minimum Gasteiger partial charge on any atom is -0.508 e. The van der Waals surface area contributed by atoms with Gasteiger partial charge >= 0.3 is 5.97 Å². The molecule has 0 amide bonds.